The first kappa shape index (κ1) is 13.3. The predicted octanol–water partition coefficient (Wildman–Crippen LogP) is 1.45. The lowest BCUT2D eigenvalue weighted by Gasteiger charge is -2.16. The molecule has 0 spiro atoms. The molecule has 3 N–H and O–H groups in total. The average Bonchev–Trinajstić information content (AvgIpc) is 2.79. The van der Waals surface area contributed by atoms with E-state index in [9.17, 15) is 9.18 Å². The number of anilines is 1. The number of nitrogens with one attached hydrogen (secondary N) is 1. The Morgan fingerprint density at radius 2 is 2.32 bits per heavy atom. The zero-order chi connectivity index (χ0) is 14.0. The molecule has 0 saturated heterocycles. The molecule has 0 aliphatic carbocycles. The molecule has 0 saturated carbocycles. The number of carbonyl (C=O) groups excluding carboxylic acids is 1. The lowest BCUT2D eigenvalue weighted by molar-refractivity contribution is 0.0772. The quantitative estimate of drug-likeness (QED) is 0.892. The number of benzene rings is 1. The monoisotopic (exact) mass is 283 g/mol. The van der Waals surface area contributed by atoms with Gasteiger partial charge in [-0.1, -0.05) is 17.7 Å². The van der Waals surface area contributed by atoms with Gasteiger partial charge >= 0.3 is 0 Å². The Hall–Kier alpha value is -2.15. The van der Waals surface area contributed by atoms with Gasteiger partial charge in [0.2, 0.25) is 11.8 Å². The maximum Gasteiger partial charge on any atom is 0.291 e. The topological polar surface area (TPSA) is 87.9 Å². The molecule has 0 atom stereocenters. The summed E-state index contributed by atoms with van der Waals surface area (Å²) >= 11 is 5.89. The van der Waals surface area contributed by atoms with E-state index in [0.717, 1.165) is 0 Å². The molecule has 6 nitrogen and oxygen atoms in total. The number of amides is 1. The van der Waals surface area contributed by atoms with Crippen molar-refractivity contribution in [1.82, 2.24) is 20.1 Å². The van der Waals surface area contributed by atoms with Crippen LogP contribution in [0.1, 0.15) is 16.2 Å². The first-order chi connectivity index (χ1) is 8.99. The minimum absolute atomic E-state index is 0.00698. The molecule has 0 radical (unpaired) electrons. The fourth-order valence-electron chi connectivity index (χ4n) is 1.54. The van der Waals surface area contributed by atoms with Crippen molar-refractivity contribution in [2.24, 2.45) is 0 Å². The van der Waals surface area contributed by atoms with Gasteiger partial charge < -0.3 is 10.6 Å². The lowest BCUT2D eigenvalue weighted by Crippen LogP contribution is -2.27. The first-order valence-electron chi connectivity index (χ1n) is 5.35. The molecule has 0 bridgehead atoms. The zero-order valence-corrected chi connectivity index (χ0v) is 10.8. The van der Waals surface area contributed by atoms with Crippen molar-refractivity contribution >= 4 is 23.5 Å². The minimum atomic E-state index is -0.468. The number of aromatic nitrogens is 3. The van der Waals surface area contributed by atoms with Crippen LogP contribution in [0.2, 0.25) is 5.02 Å². The second-order valence-electron chi connectivity index (χ2n) is 3.90. The van der Waals surface area contributed by atoms with Crippen LogP contribution in [-0.4, -0.2) is 33.0 Å². The smallest absolute Gasteiger partial charge is 0.291 e. The van der Waals surface area contributed by atoms with Crippen molar-refractivity contribution in [1.29, 1.82) is 0 Å². The lowest BCUT2D eigenvalue weighted by atomic mass is 10.2. The molecule has 0 fully saturated rings. The van der Waals surface area contributed by atoms with Crippen molar-refractivity contribution in [2.45, 2.75) is 6.54 Å². The van der Waals surface area contributed by atoms with Crippen LogP contribution < -0.4 is 5.73 Å². The largest absolute Gasteiger partial charge is 0.366 e. The molecule has 1 heterocycles. The molecular formula is C11H11ClFN5O. The van der Waals surface area contributed by atoms with Crippen molar-refractivity contribution in [3.8, 4) is 0 Å². The van der Waals surface area contributed by atoms with Crippen LogP contribution >= 0.6 is 11.6 Å². The van der Waals surface area contributed by atoms with E-state index in [1.54, 1.807) is 6.07 Å². The second-order valence-corrected chi connectivity index (χ2v) is 4.31. The summed E-state index contributed by atoms with van der Waals surface area (Å²) in [5.41, 5.74) is 5.56. The van der Waals surface area contributed by atoms with Crippen LogP contribution in [0.3, 0.4) is 0 Å². The average molecular weight is 284 g/mol. The number of hydrogen-bond acceptors (Lipinski definition) is 4. The highest BCUT2D eigenvalue weighted by atomic mass is 35.5. The summed E-state index contributed by atoms with van der Waals surface area (Å²) in [6.07, 6.45) is 0. The van der Waals surface area contributed by atoms with Crippen LogP contribution in [-0.2, 0) is 6.54 Å². The van der Waals surface area contributed by atoms with Crippen LogP contribution in [0.4, 0.5) is 10.3 Å². The summed E-state index contributed by atoms with van der Waals surface area (Å²) in [6, 6.07) is 4.34. The maximum atomic E-state index is 13.6. The molecule has 100 valence electrons. The third-order valence-electron chi connectivity index (χ3n) is 2.51. The van der Waals surface area contributed by atoms with Gasteiger partial charge in [-0.2, -0.15) is 4.98 Å². The Morgan fingerprint density at radius 1 is 1.58 bits per heavy atom. The molecule has 1 amide bonds. The summed E-state index contributed by atoms with van der Waals surface area (Å²) in [5.74, 6) is -0.958. The number of carbonyl (C=O) groups is 1. The van der Waals surface area contributed by atoms with Gasteiger partial charge in [0.25, 0.3) is 5.91 Å². The Kier molecular flexibility index (Phi) is 3.66. The van der Waals surface area contributed by atoms with Crippen LogP contribution in [0.25, 0.3) is 0 Å². The highest BCUT2D eigenvalue weighted by Crippen LogP contribution is 2.20. The van der Waals surface area contributed by atoms with Crippen LogP contribution in [0, 0.1) is 5.82 Å². The van der Waals surface area contributed by atoms with E-state index in [0.29, 0.717) is 0 Å². The Balaban J connectivity index is 2.17. The number of nitrogens with two attached hydrogens (primary N) is 1. The highest BCUT2D eigenvalue weighted by molar-refractivity contribution is 6.31. The van der Waals surface area contributed by atoms with E-state index >= 15 is 0 Å². The maximum absolute atomic E-state index is 13.6. The van der Waals surface area contributed by atoms with Crippen molar-refractivity contribution in [3.05, 3.63) is 40.4 Å². The fourth-order valence-corrected chi connectivity index (χ4v) is 1.77. The van der Waals surface area contributed by atoms with Crippen molar-refractivity contribution in [2.75, 3.05) is 12.8 Å². The summed E-state index contributed by atoms with van der Waals surface area (Å²) in [5, 5.41) is 6.21. The van der Waals surface area contributed by atoms with Gasteiger partial charge in [-0.25, -0.2) is 4.39 Å². The highest BCUT2D eigenvalue weighted by Gasteiger charge is 2.18. The number of nitrogen functional groups attached to an aromatic ring is 1. The van der Waals surface area contributed by atoms with E-state index in [4.69, 9.17) is 17.3 Å². The molecule has 8 heteroatoms. The van der Waals surface area contributed by atoms with Gasteiger partial charge in [-0.15, -0.1) is 5.10 Å². The third-order valence-corrected chi connectivity index (χ3v) is 2.86. The van der Waals surface area contributed by atoms with Gasteiger partial charge in [0, 0.05) is 17.6 Å². The number of aromatic amines is 1. The standard InChI is InChI=1S/C11H11ClFN5O/c1-18(10(19)9-15-11(14)17-16-9)5-6-7(12)3-2-4-8(6)13/h2-4H,5H2,1H3,(H3,14,15,16,17). The summed E-state index contributed by atoms with van der Waals surface area (Å²) in [6.45, 7) is 0.0188. The van der Waals surface area contributed by atoms with E-state index in [2.05, 4.69) is 15.2 Å². The molecule has 0 unspecified atom stereocenters. The van der Waals surface area contributed by atoms with Crippen molar-refractivity contribution in [3.63, 3.8) is 0 Å². The van der Waals surface area contributed by atoms with E-state index < -0.39 is 11.7 Å². The molecule has 1 aromatic heterocycles. The van der Waals surface area contributed by atoms with E-state index in [1.807, 2.05) is 0 Å². The minimum Gasteiger partial charge on any atom is -0.366 e. The fraction of sp³-hybridized carbons (Fsp3) is 0.182. The molecule has 1 aromatic carbocycles. The number of rotatable bonds is 3. The van der Waals surface area contributed by atoms with E-state index in [1.165, 1.54) is 24.1 Å². The molecule has 0 aliphatic rings. The summed E-state index contributed by atoms with van der Waals surface area (Å²) in [4.78, 5) is 16.9. The van der Waals surface area contributed by atoms with Gasteiger partial charge in [0.05, 0.1) is 6.54 Å². The van der Waals surface area contributed by atoms with Crippen molar-refractivity contribution < 1.29 is 9.18 Å². The normalized spacial score (nSPS) is 10.5. The third kappa shape index (κ3) is 2.82. The molecular weight excluding hydrogens is 273 g/mol. The molecule has 2 aromatic rings. The number of H-pyrrole nitrogens is 1. The van der Waals surface area contributed by atoms with Gasteiger partial charge in [0.15, 0.2) is 0 Å². The van der Waals surface area contributed by atoms with Crippen LogP contribution in [0.5, 0.6) is 0 Å². The number of nitrogens with zero attached hydrogens (tertiary/aromatic N) is 3. The van der Waals surface area contributed by atoms with Gasteiger partial charge in [-0.3, -0.25) is 9.89 Å². The SMILES string of the molecule is CN(Cc1c(F)cccc1Cl)C(=O)c1nc(N)n[nH]1. The summed E-state index contributed by atoms with van der Waals surface area (Å²) in [7, 11) is 1.50. The Labute approximate surface area is 113 Å². The zero-order valence-electron chi connectivity index (χ0n) is 10.0. The summed E-state index contributed by atoms with van der Waals surface area (Å²) < 4.78 is 13.6. The van der Waals surface area contributed by atoms with Crippen LogP contribution in [0.15, 0.2) is 18.2 Å². The second kappa shape index (κ2) is 5.23. The predicted molar refractivity (Wildman–Crippen MR) is 68.0 cm³/mol. The number of halogens is 2. The number of hydrogen-bond donors (Lipinski definition) is 2. The Morgan fingerprint density at radius 3 is 2.89 bits per heavy atom. The Bertz CT molecular complexity index is 595. The first-order valence-corrected chi connectivity index (χ1v) is 5.73. The van der Waals surface area contributed by atoms with E-state index in [-0.39, 0.29) is 28.9 Å². The van der Waals surface area contributed by atoms with Gasteiger partial charge in [0.1, 0.15) is 5.82 Å². The molecule has 2 rings (SSSR count). The molecule has 19 heavy (non-hydrogen) atoms. The molecule has 0 aliphatic heterocycles. The van der Waals surface area contributed by atoms with Gasteiger partial charge in [-0.05, 0) is 12.1 Å².